The van der Waals surface area contributed by atoms with E-state index in [2.05, 4.69) is 20.0 Å². The van der Waals surface area contributed by atoms with Gasteiger partial charge in [-0.25, -0.2) is 23.1 Å². The summed E-state index contributed by atoms with van der Waals surface area (Å²) in [6.07, 6.45) is 1.53. The van der Waals surface area contributed by atoms with E-state index in [0.717, 1.165) is 27.2 Å². The number of nitrogens with one attached hydrogen (secondary N) is 2. The molecule has 3 aromatic rings. The van der Waals surface area contributed by atoms with Gasteiger partial charge in [0.05, 0.1) is 11.1 Å². The monoisotopic (exact) mass is 348 g/mol. The van der Waals surface area contributed by atoms with Crippen molar-refractivity contribution in [2.45, 2.75) is 12.3 Å². The molecule has 0 aliphatic heterocycles. The van der Waals surface area contributed by atoms with E-state index in [1.54, 1.807) is 11.3 Å². The summed E-state index contributed by atoms with van der Waals surface area (Å²) < 4.78 is 25.9. The van der Waals surface area contributed by atoms with E-state index in [1.165, 1.54) is 13.4 Å². The van der Waals surface area contributed by atoms with Gasteiger partial charge in [-0.1, -0.05) is 24.3 Å². The van der Waals surface area contributed by atoms with Gasteiger partial charge in [-0.3, -0.25) is 0 Å². The van der Waals surface area contributed by atoms with Crippen LogP contribution >= 0.6 is 11.3 Å². The van der Waals surface area contributed by atoms with Crippen molar-refractivity contribution in [3.05, 3.63) is 53.2 Å². The SMILES string of the molecule is CNS(=O)(=O)Cc1ccccc1CNc1ncnc2sccc12. The number of rotatable bonds is 6. The largest absolute Gasteiger partial charge is 0.365 e. The topological polar surface area (TPSA) is 84.0 Å². The van der Waals surface area contributed by atoms with Gasteiger partial charge < -0.3 is 5.32 Å². The first-order valence-electron chi connectivity index (χ1n) is 6.99. The van der Waals surface area contributed by atoms with Crippen LogP contribution in [0.1, 0.15) is 11.1 Å². The number of benzene rings is 1. The smallest absolute Gasteiger partial charge is 0.215 e. The minimum atomic E-state index is -3.31. The fourth-order valence-corrected chi connectivity index (χ4v) is 3.83. The van der Waals surface area contributed by atoms with Gasteiger partial charge in [0.2, 0.25) is 10.0 Å². The summed E-state index contributed by atoms with van der Waals surface area (Å²) in [6.45, 7) is 0.497. The van der Waals surface area contributed by atoms with Gasteiger partial charge in [-0.15, -0.1) is 11.3 Å². The van der Waals surface area contributed by atoms with Gasteiger partial charge in [-0.2, -0.15) is 0 Å². The van der Waals surface area contributed by atoms with Crippen LogP contribution in [0.5, 0.6) is 0 Å². The third-order valence-corrected chi connectivity index (χ3v) is 5.62. The zero-order chi connectivity index (χ0) is 16.3. The maximum Gasteiger partial charge on any atom is 0.215 e. The lowest BCUT2D eigenvalue weighted by Gasteiger charge is -2.11. The van der Waals surface area contributed by atoms with Crippen molar-refractivity contribution in [2.75, 3.05) is 12.4 Å². The average molecular weight is 348 g/mol. The van der Waals surface area contributed by atoms with Crippen LogP contribution in [0.15, 0.2) is 42.0 Å². The second kappa shape index (κ2) is 6.61. The fourth-order valence-electron chi connectivity index (χ4n) is 2.26. The Hall–Kier alpha value is -2.03. The highest BCUT2D eigenvalue weighted by Crippen LogP contribution is 2.24. The maximum atomic E-state index is 11.8. The van der Waals surface area contributed by atoms with E-state index in [4.69, 9.17) is 0 Å². The van der Waals surface area contributed by atoms with Gasteiger partial charge in [0.25, 0.3) is 0 Å². The molecular weight excluding hydrogens is 332 g/mol. The van der Waals surface area contributed by atoms with Crippen LogP contribution < -0.4 is 10.0 Å². The highest BCUT2D eigenvalue weighted by molar-refractivity contribution is 7.88. The van der Waals surface area contributed by atoms with Gasteiger partial charge >= 0.3 is 0 Å². The van der Waals surface area contributed by atoms with Crippen molar-refractivity contribution < 1.29 is 8.42 Å². The molecule has 6 nitrogen and oxygen atoms in total. The van der Waals surface area contributed by atoms with E-state index in [-0.39, 0.29) is 5.75 Å². The number of nitrogens with zero attached hydrogens (tertiary/aromatic N) is 2. The lowest BCUT2D eigenvalue weighted by Crippen LogP contribution is -2.21. The number of fused-ring (bicyclic) bond motifs is 1. The van der Waals surface area contributed by atoms with Crippen molar-refractivity contribution in [3.8, 4) is 0 Å². The second-order valence-corrected chi connectivity index (χ2v) is 7.77. The molecule has 2 aromatic heterocycles. The Bertz CT molecular complexity index is 922. The first kappa shape index (κ1) is 15.9. The van der Waals surface area contributed by atoms with Crippen molar-refractivity contribution in [1.82, 2.24) is 14.7 Å². The Kier molecular flexibility index (Phi) is 4.56. The molecule has 2 heterocycles. The molecule has 23 heavy (non-hydrogen) atoms. The van der Waals surface area contributed by atoms with Crippen molar-refractivity contribution >= 4 is 37.4 Å². The molecule has 0 saturated carbocycles. The van der Waals surface area contributed by atoms with Crippen molar-refractivity contribution in [2.24, 2.45) is 0 Å². The minimum absolute atomic E-state index is 0.0427. The van der Waals surface area contributed by atoms with Crippen LogP contribution in [0.25, 0.3) is 10.2 Å². The molecule has 1 aromatic carbocycles. The van der Waals surface area contributed by atoms with Crippen LogP contribution in [0.3, 0.4) is 0 Å². The van der Waals surface area contributed by atoms with Crippen molar-refractivity contribution in [3.63, 3.8) is 0 Å². The minimum Gasteiger partial charge on any atom is -0.365 e. The number of anilines is 1. The first-order chi connectivity index (χ1) is 11.1. The maximum absolute atomic E-state index is 11.8. The molecule has 0 saturated heterocycles. The van der Waals surface area contributed by atoms with Gasteiger partial charge in [0, 0.05) is 6.54 Å². The van der Waals surface area contributed by atoms with E-state index in [0.29, 0.717) is 6.54 Å². The van der Waals surface area contributed by atoms with Crippen molar-refractivity contribution in [1.29, 1.82) is 0 Å². The Morgan fingerprint density at radius 1 is 1.13 bits per heavy atom. The molecule has 2 N–H and O–H groups in total. The Morgan fingerprint density at radius 2 is 1.91 bits per heavy atom. The summed E-state index contributed by atoms with van der Waals surface area (Å²) >= 11 is 1.56. The van der Waals surface area contributed by atoms with E-state index >= 15 is 0 Å². The third kappa shape index (κ3) is 3.66. The van der Waals surface area contributed by atoms with Gasteiger partial charge in [0.15, 0.2) is 0 Å². The predicted molar refractivity (Wildman–Crippen MR) is 92.9 cm³/mol. The van der Waals surface area contributed by atoms with Crippen LogP contribution in [0, 0.1) is 0 Å². The summed E-state index contributed by atoms with van der Waals surface area (Å²) in [5.41, 5.74) is 1.69. The highest BCUT2D eigenvalue weighted by Gasteiger charge is 2.12. The van der Waals surface area contributed by atoms with Gasteiger partial charge in [0.1, 0.15) is 17.0 Å². The summed E-state index contributed by atoms with van der Waals surface area (Å²) in [4.78, 5) is 9.41. The number of thiophene rings is 1. The number of aromatic nitrogens is 2. The van der Waals surface area contributed by atoms with Crippen LogP contribution in [-0.4, -0.2) is 25.4 Å². The second-order valence-electron chi connectivity index (χ2n) is 4.95. The summed E-state index contributed by atoms with van der Waals surface area (Å²) in [7, 11) is -1.88. The van der Waals surface area contributed by atoms with Crippen LogP contribution in [-0.2, 0) is 22.3 Å². The summed E-state index contributed by atoms with van der Waals surface area (Å²) in [5.74, 6) is 0.710. The molecule has 8 heteroatoms. The molecule has 0 atom stereocenters. The fraction of sp³-hybridized carbons (Fsp3) is 0.200. The summed E-state index contributed by atoms with van der Waals surface area (Å²) in [5, 5.41) is 6.21. The number of sulfonamides is 1. The normalized spacial score (nSPS) is 11.7. The molecule has 0 unspecified atom stereocenters. The standard InChI is InChI=1S/C15H16N4O2S2/c1-16-23(20,21)9-12-5-3-2-4-11(12)8-17-14-13-6-7-22-15(13)19-10-18-14/h2-7,10,16H,8-9H2,1H3,(H,17,18,19). The van der Waals surface area contributed by atoms with Gasteiger partial charge in [-0.05, 0) is 29.6 Å². The quantitative estimate of drug-likeness (QED) is 0.714. The molecule has 0 fully saturated rings. The number of hydrogen-bond acceptors (Lipinski definition) is 6. The van der Waals surface area contributed by atoms with E-state index in [1.807, 2.05) is 35.7 Å². The molecule has 120 valence electrons. The average Bonchev–Trinajstić information content (AvgIpc) is 3.03. The molecular formula is C15H16N4O2S2. The zero-order valence-electron chi connectivity index (χ0n) is 12.5. The zero-order valence-corrected chi connectivity index (χ0v) is 14.1. The molecule has 0 radical (unpaired) electrons. The molecule has 0 bridgehead atoms. The lowest BCUT2D eigenvalue weighted by atomic mass is 10.1. The highest BCUT2D eigenvalue weighted by atomic mass is 32.2. The molecule has 0 aliphatic rings. The third-order valence-electron chi connectivity index (χ3n) is 3.48. The van der Waals surface area contributed by atoms with Crippen LogP contribution in [0.2, 0.25) is 0 Å². The summed E-state index contributed by atoms with van der Waals surface area (Å²) in [6, 6.07) is 9.45. The van der Waals surface area contributed by atoms with Crippen LogP contribution in [0.4, 0.5) is 5.82 Å². The predicted octanol–water partition coefficient (Wildman–Crippen LogP) is 2.35. The molecule has 0 aliphatic carbocycles. The lowest BCUT2D eigenvalue weighted by molar-refractivity contribution is 0.587. The molecule has 0 spiro atoms. The number of hydrogen-bond donors (Lipinski definition) is 2. The Morgan fingerprint density at radius 3 is 2.70 bits per heavy atom. The molecule has 3 rings (SSSR count). The van der Waals surface area contributed by atoms with E-state index < -0.39 is 10.0 Å². The molecule has 0 amide bonds. The Labute approximate surface area is 138 Å². The Balaban J connectivity index is 1.82. The first-order valence-corrected chi connectivity index (χ1v) is 9.52. The van der Waals surface area contributed by atoms with E-state index in [9.17, 15) is 8.42 Å².